The van der Waals surface area contributed by atoms with Crippen LogP contribution in [-0.2, 0) is 4.79 Å². The molecule has 1 aliphatic heterocycles. The van der Waals surface area contributed by atoms with Crippen LogP contribution in [0, 0.1) is 6.92 Å². The number of anilines is 1. The summed E-state index contributed by atoms with van der Waals surface area (Å²) in [5, 5.41) is 3.00. The maximum atomic E-state index is 12.0. The minimum Gasteiger partial charge on any atom is -0.325 e. The summed E-state index contributed by atoms with van der Waals surface area (Å²) in [4.78, 5) is 14.3. The third-order valence-corrected chi connectivity index (χ3v) is 3.71. The molecule has 0 aliphatic carbocycles. The summed E-state index contributed by atoms with van der Waals surface area (Å²) in [7, 11) is 0. The third-order valence-electron chi connectivity index (χ3n) is 3.71. The fourth-order valence-electron chi connectivity index (χ4n) is 2.48. The number of carbonyl (C=O) groups is 1. The van der Waals surface area contributed by atoms with Crippen LogP contribution < -0.4 is 5.32 Å². The average Bonchev–Trinajstić information content (AvgIpc) is 2.35. The van der Waals surface area contributed by atoms with Gasteiger partial charge in [0.2, 0.25) is 5.91 Å². The van der Waals surface area contributed by atoms with Crippen LogP contribution in [0.3, 0.4) is 0 Å². The van der Waals surface area contributed by atoms with Crippen LogP contribution in [0.4, 0.5) is 5.69 Å². The fourth-order valence-corrected chi connectivity index (χ4v) is 2.48. The minimum atomic E-state index is 0.0954. The molecule has 3 heteroatoms. The number of likely N-dealkylation sites (tertiary alicyclic amines) is 1. The highest BCUT2D eigenvalue weighted by molar-refractivity contribution is 5.92. The second-order valence-electron chi connectivity index (χ2n) is 5.18. The van der Waals surface area contributed by atoms with Crippen molar-refractivity contribution < 1.29 is 4.79 Å². The number of benzene rings is 1. The van der Waals surface area contributed by atoms with Crippen LogP contribution in [0.25, 0.3) is 0 Å². The number of para-hydroxylation sites is 1. The first-order chi connectivity index (χ1) is 8.66. The highest BCUT2D eigenvalue weighted by atomic mass is 16.2. The van der Waals surface area contributed by atoms with Crippen LogP contribution in [0.5, 0.6) is 0 Å². The zero-order chi connectivity index (χ0) is 13.0. The van der Waals surface area contributed by atoms with Gasteiger partial charge in [-0.1, -0.05) is 24.6 Å². The summed E-state index contributed by atoms with van der Waals surface area (Å²) >= 11 is 0. The molecule has 1 saturated heterocycles. The number of piperidine rings is 1. The lowest BCUT2D eigenvalue weighted by Crippen LogP contribution is -2.42. The second-order valence-corrected chi connectivity index (χ2v) is 5.18. The van der Waals surface area contributed by atoms with Crippen molar-refractivity contribution in [2.24, 2.45) is 0 Å². The lowest BCUT2D eigenvalue weighted by atomic mass is 10.0. The van der Waals surface area contributed by atoms with E-state index in [1.807, 2.05) is 31.2 Å². The minimum absolute atomic E-state index is 0.0954. The zero-order valence-electron chi connectivity index (χ0n) is 11.3. The van der Waals surface area contributed by atoms with E-state index in [-0.39, 0.29) is 5.91 Å². The molecule has 1 heterocycles. The number of amides is 1. The summed E-state index contributed by atoms with van der Waals surface area (Å²) in [5.74, 6) is 0.0954. The SMILES string of the molecule is Cc1ccccc1NC(=O)CN1CCCCC1C. The number of rotatable bonds is 3. The normalized spacial score (nSPS) is 20.7. The van der Waals surface area contributed by atoms with Crippen LogP contribution in [0.1, 0.15) is 31.7 Å². The molecule has 1 atom stereocenters. The maximum absolute atomic E-state index is 12.0. The van der Waals surface area contributed by atoms with E-state index < -0.39 is 0 Å². The Labute approximate surface area is 109 Å². The first-order valence-electron chi connectivity index (χ1n) is 6.76. The van der Waals surface area contributed by atoms with Crippen molar-refractivity contribution in [1.29, 1.82) is 0 Å². The first-order valence-corrected chi connectivity index (χ1v) is 6.76. The number of aryl methyl sites for hydroxylation is 1. The molecule has 1 N–H and O–H groups in total. The molecule has 0 bridgehead atoms. The van der Waals surface area contributed by atoms with Gasteiger partial charge in [0, 0.05) is 11.7 Å². The highest BCUT2D eigenvalue weighted by Crippen LogP contribution is 2.17. The van der Waals surface area contributed by atoms with Crippen molar-refractivity contribution in [3.63, 3.8) is 0 Å². The molecule has 2 rings (SSSR count). The van der Waals surface area contributed by atoms with Gasteiger partial charge in [0.1, 0.15) is 0 Å². The molecule has 1 aliphatic rings. The lowest BCUT2D eigenvalue weighted by Gasteiger charge is -2.32. The molecule has 3 nitrogen and oxygen atoms in total. The smallest absolute Gasteiger partial charge is 0.238 e. The number of carbonyl (C=O) groups excluding carboxylic acids is 1. The van der Waals surface area contributed by atoms with E-state index in [2.05, 4.69) is 17.1 Å². The molecule has 1 fully saturated rings. The Bertz CT molecular complexity index is 417. The van der Waals surface area contributed by atoms with Gasteiger partial charge in [-0.05, 0) is 44.9 Å². The van der Waals surface area contributed by atoms with E-state index >= 15 is 0 Å². The molecule has 0 aromatic heterocycles. The molecule has 1 unspecified atom stereocenters. The van der Waals surface area contributed by atoms with Gasteiger partial charge in [-0.2, -0.15) is 0 Å². The van der Waals surface area contributed by atoms with E-state index in [4.69, 9.17) is 0 Å². The fraction of sp³-hybridized carbons (Fsp3) is 0.533. The Morgan fingerprint density at radius 3 is 2.89 bits per heavy atom. The number of nitrogens with one attached hydrogen (secondary N) is 1. The Morgan fingerprint density at radius 2 is 2.17 bits per heavy atom. The molecule has 1 aromatic rings. The van der Waals surface area contributed by atoms with Gasteiger partial charge in [0.15, 0.2) is 0 Å². The van der Waals surface area contributed by atoms with Gasteiger partial charge >= 0.3 is 0 Å². The predicted molar refractivity (Wildman–Crippen MR) is 74.7 cm³/mol. The van der Waals surface area contributed by atoms with E-state index in [0.29, 0.717) is 12.6 Å². The van der Waals surface area contributed by atoms with Gasteiger partial charge in [0.25, 0.3) is 0 Å². The highest BCUT2D eigenvalue weighted by Gasteiger charge is 2.20. The van der Waals surface area contributed by atoms with E-state index in [9.17, 15) is 4.79 Å². The third kappa shape index (κ3) is 3.33. The first kappa shape index (κ1) is 13.1. The quantitative estimate of drug-likeness (QED) is 0.889. The summed E-state index contributed by atoms with van der Waals surface area (Å²) in [6.07, 6.45) is 3.71. The van der Waals surface area contributed by atoms with E-state index in [0.717, 1.165) is 17.8 Å². The summed E-state index contributed by atoms with van der Waals surface area (Å²) in [6.45, 7) is 5.77. The topological polar surface area (TPSA) is 32.3 Å². The summed E-state index contributed by atoms with van der Waals surface area (Å²) < 4.78 is 0. The van der Waals surface area contributed by atoms with Crippen molar-refractivity contribution in [3.05, 3.63) is 29.8 Å². The van der Waals surface area contributed by atoms with Gasteiger partial charge in [-0.3, -0.25) is 9.69 Å². The molecule has 0 saturated carbocycles. The molecule has 1 aromatic carbocycles. The van der Waals surface area contributed by atoms with Gasteiger partial charge < -0.3 is 5.32 Å². The molecule has 0 spiro atoms. The monoisotopic (exact) mass is 246 g/mol. The maximum Gasteiger partial charge on any atom is 0.238 e. The van der Waals surface area contributed by atoms with E-state index in [1.165, 1.54) is 19.3 Å². The standard InChI is InChI=1S/C15H22N2O/c1-12-7-3-4-9-14(12)16-15(18)11-17-10-6-5-8-13(17)2/h3-4,7,9,13H,5-6,8,10-11H2,1-2H3,(H,16,18). The van der Waals surface area contributed by atoms with Crippen LogP contribution in [0.15, 0.2) is 24.3 Å². The second kappa shape index (κ2) is 6.01. The Kier molecular flexibility index (Phi) is 4.37. The Hall–Kier alpha value is -1.35. The summed E-state index contributed by atoms with van der Waals surface area (Å²) in [5.41, 5.74) is 2.03. The predicted octanol–water partition coefficient (Wildman–Crippen LogP) is 2.81. The number of hydrogen-bond acceptors (Lipinski definition) is 2. The molecular formula is C15H22N2O. The van der Waals surface area contributed by atoms with Crippen LogP contribution >= 0.6 is 0 Å². The van der Waals surface area contributed by atoms with Gasteiger partial charge in [0.05, 0.1) is 6.54 Å². The van der Waals surface area contributed by atoms with Crippen molar-refractivity contribution in [3.8, 4) is 0 Å². The van der Waals surface area contributed by atoms with E-state index in [1.54, 1.807) is 0 Å². The van der Waals surface area contributed by atoms with Gasteiger partial charge in [-0.25, -0.2) is 0 Å². The van der Waals surface area contributed by atoms with Crippen LogP contribution in [0.2, 0.25) is 0 Å². The average molecular weight is 246 g/mol. The molecule has 0 radical (unpaired) electrons. The lowest BCUT2D eigenvalue weighted by molar-refractivity contribution is -0.118. The van der Waals surface area contributed by atoms with Crippen molar-refractivity contribution >= 4 is 11.6 Å². The summed E-state index contributed by atoms with van der Waals surface area (Å²) in [6, 6.07) is 8.43. The molecule has 98 valence electrons. The molecule has 1 amide bonds. The van der Waals surface area contributed by atoms with Gasteiger partial charge in [-0.15, -0.1) is 0 Å². The van der Waals surface area contributed by atoms with Crippen LogP contribution in [-0.4, -0.2) is 29.9 Å². The Balaban J connectivity index is 1.90. The van der Waals surface area contributed by atoms with Crippen molar-refractivity contribution in [2.45, 2.75) is 39.2 Å². The zero-order valence-corrected chi connectivity index (χ0v) is 11.3. The van der Waals surface area contributed by atoms with Crippen molar-refractivity contribution in [1.82, 2.24) is 4.90 Å². The molecule has 18 heavy (non-hydrogen) atoms. The number of nitrogens with zero attached hydrogens (tertiary/aromatic N) is 1. The number of hydrogen-bond donors (Lipinski definition) is 1. The Morgan fingerprint density at radius 1 is 1.39 bits per heavy atom. The largest absolute Gasteiger partial charge is 0.325 e. The van der Waals surface area contributed by atoms with Crippen molar-refractivity contribution in [2.75, 3.05) is 18.4 Å². The molecular weight excluding hydrogens is 224 g/mol.